The number of nitrogens with one attached hydrogen (secondary N) is 3. The predicted molar refractivity (Wildman–Crippen MR) is 76.2 cm³/mol. The van der Waals surface area contributed by atoms with Gasteiger partial charge in [0.2, 0.25) is 10.0 Å². The lowest BCUT2D eigenvalue weighted by Crippen LogP contribution is -2.22. The van der Waals surface area contributed by atoms with E-state index in [1.807, 2.05) is 0 Å². The molecule has 0 aliphatic rings. The maximum absolute atomic E-state index is 11.9. The summed E-state index contributed by atoms with van der Waals surface area (Å²) in [6, 6.07) is 4.79. The maximum Gasteiger partial charge on any atom is 0.323 e. The molecule has 6 nitrogen and oxygen atoms in total. The van der Waals surface area contributed by atoms with E-state index < -0.39 is 10.0 Å². The maximum atomic E-state index is 11.9. The molecule has 1 atom stereocenters. The van der Waals surface area contributed by atoms with E-state index in [9.17, 15) is 13.2 Å². The van der Waals surface area contributed by atoms with E-state index in [0.29, 0.717) is 16.7 Å². The van der Waals surface area contributed by atoms with Gasteiger partial charge in [-0.3, -0.25) is 4.72 Å². The number of aromatic nitrogens is 2. The second-order valence-corrected chi connectivity index (χ2v) is 6.56. The average molecular weight is 304 g/mol. The van der Waals surface area contributed by atoms with Crippen molar-refractivity contribution in [3.05, 3.63) is 28.7 Å². The Morgan fingerprint density at radius 1 is 1.32 bits per heavy atom. The average Bonchev–Trinajstić information content (AvgIpc) is 2.67. The number of fused-ring (bicyclic) bond motifs is 1. The monoisotopic (exact) mass is 303 g/mol. The standard InChI is InChI=1S/C11H14ClN3O3S/c1-7(5-12)6-19(17,18)15-8-2-3-9-10(4-8)14-11(16)13-9/h2-4,7,15H,5-6H2,1H3,(H2,13,14,16). The quantitative estimate of drug-likeness (QED) is 0.730. The molecular weight excluding hydrogens is 290 g/mol. The number of imidazole rings is 1. The summed E-state index contributed by atoms with van der Waals surface area (Å²) in [5.74, 6) is 0.110. The van der Waals surface area contributed by atoms with Crippen molar-refractivity contribution >= 4 is 38.3 Å². The molecule has 0 saturated carbocycles. The molecule has 0 amide bonds. The summed E-state index contributed by atoms with van der Waals surface area (Å²) < 4.78 is 26.2. The third kappa shape index (κ3) is 3.51. The largest absolute Gasteiger partial charge is 0.323 e. The van der Waals surface area contributed by atoms with Gasteiger partial charge in [-0.25, -0.2) is 13.2 Å². The Morgan fingerprint density at radius 3 is 2.68 bits per heavy atom. The van der Waals surface area contributed by atoms with Gasteiger partial charge in [0.15, 0.2) is 0 Å². The molecule has 0 fully saturated rings. The Morgan fingerprint density at radius 2 is 2.00 bits per heavy atom. The number of alkyl halides is 1. The molecule has 0 spiro atoms. The highest BCUT2D eigenvalue weighted by Crippen LogP contribution is 2.16. The highest BCUT2D eigenvalue weighted by molar-refractivity contribution is 7.92. The van der Waals surface area contributed by atoms with Crippen molar-refractivity contribution in [2.75, 3.05) is 16.4 Å². The van der Waals surface area contributed by atoms with E-state index in [1.54, 1.807) is 25.1 Å². The van der Waals surface area contributed by atoms with E-state index in [0.717, 1.165) is 0 Å². The summed E-state index contributed by atoms with van der Waals surface area (Å²) >= 11 is 5.61. The fraction of sp³-hybridized carbons (Fsp3) is 0.364. The first-order valence-corrected chi connectivity index (χ1v) is 7.87. The normalized spacial score (nSPS) is 13.6. The highest BCUT2D eigenvalue weighted by Gasteiger charge is 2.15. The van der Waals surface area contributed by atoms with Crippen molar-refractivity contribution in [2.45, 2.75) is 6.92 Å². The SMILES string of the molecule is CC(CCl)CS(=O)(=O)Nc1ccc2[nH]c(=O)[nH]c2c1. The van der Waals surface area contributed by atoms with Gasteiger partial charge in [-0.1, -0.05) is 6.92 Å². The number of hydrogen-bond acceptors (Lipinski definition) is 3. The number of hydrogen-bond donors (Lipinski definition) is 3. The molecule has 19 heavy (non-hydrogen) atoms. The summed E-state index contributed by atoms with van der Waals surface area (Å²) in [4.78, 5) is 16.3. The van der Waals surface area contributed by atoms with E-state index in [1.165, 1.54) is 0 Å². The Hall–Kier alpha value is -1.47. The molecule has 0 aliphatic heterocycles. The molecule has 1 unspecified atom stereocenters. The molecule has 2 aromatic rings. The summed E-state index contributed by atoms with van der Waals surface area (Å²) in [6.07, 6.45) is 0. The van der Waals surface area contributed by atoms with Crippen molar-refractivity contribution in [3.63, 3.8) is 0 Å². The number of aromatic amines is 2. The van der Waals surface area contributed by atoms with Crippen LogP contribution in [0.5, 0.6) is 0 Å². The smallest absolute Gasteiger partial charge is 0.306 e. The first-order chi connectivity index (χ1) is 8.89. The Labute approximate surface area is 115 Å². The fourth-order valence-electron chi connectivity index (χ4n) is 1.74. The summed E-state index contributed by atoms with van der Waals surface area (Å²) in [6.45, 7) is 1.76. The van der Waals surface area contributed by atoms with Gasteiger partial charge in [0.05, 0.1) is 22.5 Å². The molecule has 2 rings (SSSR count). The minimum atomic E-state index is -3.44. The number of benzene rings is 1. The van der Waals surface area contributed by atoms with Crippen LogP contribution in [-0.2, 0) is 10.0 Å². The first-order valence-electron chi connectivity index (χ1n) is 5.68. The molecule has 0 aliphatic carbocycles. The van der Waals surface area contributed by atoms with Crippen molar-refractivity contribution < 1.29 is 8.42 Å². The number of halogens is 1. The van der Waals surface area contributed by atoms with Gasteiger partial charge in [0.1, 0.15) is 0 Å². The second kappa shape index (κ2) is 5.26. The van der Waals surface area contributed by atoms with E-state index in [4.69, 9.17) is 11.6 Å². The van der Waals surface area contributed by atoms with E-state index >= 15 is 0 Å². The van der Waals surface area contributed by atoms with E-state index in [-0.39, 0.29) is 23.2 Å². The van der Waals surface area contributed by atoms with Crippen LogP contribution >= 0.6 is 11.6 Å². The van der Waals surface area contributed by atoms with Gasteiger partial charge in [0.25, 0.3) is 0 Å². The van der Waals surface area contributed by atoms with Gasteiger partial charge in [0, 0.05) is 5.88 Å². The third-order valence-electron chi connectivity index (χ3n) is 2.56. The Kier molecular flexibility index (Phi) is 3.86. The lowest BCUT2D eigenvalue weighted by molar-refractivity contribution is 0.588. The number of H-pyrrole nitrogens is 2. The molecule has 0 radical (unpaired) electrons. The third-order valence-corrected chi connectivity index (χ3v) is 4.64. The second-order valence-electron chi connectivity index (χ2n) is 4.48. The summed E-state index contributed by atoms with van der Waals surface area (Å²) in [7, 11) is -3.44. The zero-order chi connectivity index (χ0) is 14.0. The minimum absolute atomic E-state index is 0.0435. The number of anilines is 1. The van der Waals surface area contributed by atoms with Crippen molar-refractivity contribution in [1.82, 2.24) is 9.97 Å². The van der Waals surface area contributed by atoms with Crippen LogP contribution < -0.4 is 10.4 Å². The van der Waals surface area contributed by atoms with Crippen molar-refractivity contribution in [3.8, 4) is 0 Å². The van der Waals surface area contributed by atoms with Crippen LogP contribution in [0.2, 0.25) is 0 Å². The zero-order valence-corrected chi connectivity index (χ0v) is 11.8. The van der Waals surface area contributed by atoms with Crippen LogP contribution in [0, 0.1) is 5.92 Å². The van der Waals surface area contributed by atoms with Crippen molar-refractivity contribution in [2.24, 2.45) is 5.92 Å². The predicted octanol–water partition coefficient (Wildman–Crippen LogP) is 1.47. The lowest BCUT2D eigenvalue weighted by Gasteiger charge is -2.11. The molecule has 3 N–H and O–H groups in total. The molecular formula is C11H14ClN3O3S. The van der Waals surface area contributed by atoms with Gasteiger partial charge >= 0.3 is 5.69 Å². The van der Waals surface area contributed by atoms with E-state index in [2.05, 4.69) is 14.7 Å². The topological polar surface area (TPSA) is 94.8 Å². The Bertz CT molecular complexity index is 735. The molecule has 1 heterocycles. The van der Waals surface area contributed by atoms with Crippen molar-refractivity contribution in [1.29, 1.82) is 0 Å². The summed E-state index contributed by atoms with van der Waals surface area (Å²) in [5.41, 5.74) is 1.26. The highest BCUT2D eigenvalue weighted by atomic mass is 35.5. The number of rotatable bonds is 5. The Balaban J connectivity index is 2.23. The van der Waals surface area contributed by atoms with Crippen LogP contribution in [0.4, 0.5) is 5.69 Å². The van der Waals surface area contributed by atoms with Gasteiger partial charge in [-0.05, 0) is 24.1 Å². The van der Waals surface area contributed by atoms with Gasteiger partial charge < -0.3 is 9.97 Å². The van der Waals surface area contributed by atoms with Gasteiger partial charge in [-0.2, -0.15) is 0 Å². The molecule has 0 saturated heterocycles. The molecule has 104 valence electrons. The van der Waals surface area contributed by atoms with Crippen LogP contribution in [0.1, 0.15) is 6.92 Å². The zero-order valence-electron chi connectivity index (χ0n) is 10.2. The first kappa shape index (κ1) is 14.0. The van der Waals surface area contributed by atoms with Crippen LogP contribution in [-0.4, -0.2) is 30.0 Å². The molecule has 8 heteroatoms. The fourth-order valence-corrected chi connectivity index (χ4v) is 3.41. The van der Waals surface area contributed by atoms with Crippen LogP contribution in [0.3, 0.4) is 0 Å². The molecule has 0 bridgehead atoms. The summed E-state index contributed by atoms with van der Waals surface area (Å²) in [5, 5.41) is 0. The van der Waals surface area contributed by atoms with Crippen LogP contribution in [0.25, 0.3) is 11.0 Å². The van der Waals surface area contributed by atoms with Crippen LogP contribution in [0.15, 0.2) is 23.0 Å². The number of sulfonamides is 1. The van der Waals surface area contributed by atoms with Gasteiger partial charge in [-0.15, -0.1) is 11.6 Å². The molecule has 1 aromatic heterocycles. The minimum Gasteiger partial charge on any atom is -0.306 e. The molecule has 1 aromatic carbocycles. The lowest BCUT2D eigenvalue weighted by atomic mass is 10.3.